The van der Waals surface area contributed by atoms with Gasteiger partial charge in [-0.15, -0.1) is 16.7 Å². The normalized spacial score (nSPS) is 19.5. The molecule has 1 aliphatic heterocycles. The Kier molecular flexibility index (Phi) is 2.39. The van der Waals surface area contributed by atoms with Crippen molar-refractivity contribution in [1.29, 1.82) is 0 Å². The van der Waals surface area contributed by atoms with Crippen LogP contribution >= 0.6 is 11.6 Å². The van der Waals surface area contributed by atoms with Crippen molar-refractivity contribution in [3.63, 3.8) is 0 Å². The van der Waals surface area contributed by atoms with Gasteiger partial charge in [-0.05, 0) is 6.42 Å². The van der Waals surface area contributed by atoms with E-state index in [9.17, 15) is 0 Å². The molecule has 0 atom stereocenters. The van der Waals surface area contributed by atoms with Crippen LogP contribution in [-0.4, -0.2) is 23.3 Å². The maximum atomic E-state index is 5.57. The highest BCUT2D eigenvalue weighted by atomic mass is 35.5. The van der Waals surface area contributed by atoms with Gasteiger partial charge in [-0.2, -0.15) is 0 Å². The fourth-order valence-electron chi connectivity index (χ4n) is 1.66. The molecular weight excluding hydrogens is 202 g/mol. The van der Waals surface area contributed by atoms with E-state index in [1.54, 1.807) is 0 Å². The molecule has 1 aromatic rings. The monoisotopic (exact) mass is 215 g/mol. The minimum atomic E-state index is 0.284. The molecule has 14 heavy (non-hydrogen) atoms. The molecule has 2 rings (SSSR count). The van der Waals surface area contributed by atoms with Crippen LogP contribution in [0.25, 0.3) is 0 Å². The summed E-state index contributed by atoms with van der Waals surface area (Å²) in [6.07, 6.45) is 1.18. The minimum Gasteiger partial charge on any atom is -0.407 e. The third-order valence-corrected chi connectivity index (χ3v) is 3.07. The van der Waals surface area contributed by atoms with Crippen LogP contribution in [-0.2, 0) is 5.88 Å². The highest BCUT2D eigenvalue weighted by molar-refractivity contribution is 6.16. The topological polar surface area (TPSA) is 42.2 Å². The van der Waals surface area contributed by atoms with Gasteiger partial charge in [0.15, 0.2) is 0 Å². The van der Waals surface area contributed by atoms with Gasteiger partial charge in [0, 0.05) is 18.5 Å². The van der Waals surface area contributed by atoms with Crippen molar-refractivity contribution in [3.05, 3.63) is 5.89 Å². The first-order valence-corrected chi connectivity index (χ1v) is 5.33. The SMILES string of the molecule is CCC1(C)CN(c2nnc(CCl)o2)C1. The van der Waals surface area contributed by atoms with Gasteiger partial charge in [0.2, 0.25) is 5.89 Å². The number of nitrogens with zero attached hydrogens (tertiary/aromatic N) is 3. The van der Waals surface area contributed by atoms with E-state index in [0.717, 1.165) is 13.1 Å². The van der Waals surface area contributed by atoms with Gasteiger partial charge in [-0.3, -0.25) is 0 Å². The largest absolute Gasteiger partial charge is 0.407 e. The van der Waals surface area contributed by atoms with Crippen LogP contribution in [0.1, 0.15) is 26.2 Å². The molecule has 0 aromatic carbocycles. The van der Waals surface area contributed by atoms with Crippen molar-refractivity contribution in [2.24, 2.45) is 5.41 Å². The van der Waals surface area contributed by atoms with Crippen molar-refractivity contribution in [3.8, 4) is 0 Å². The second-order valence-corrected chi connectivity index (χ2v) is 4.40. The molecule has 0 N–H and O–H groups in total. The molecule has 1 aliphatic rings. The number of alkyl halides is 1. The summed E-state index contributed by atoms with van der Waals surface area (Å²) in [5.41, 5.74) is 0.412. The maximum absolute atomic E-state index is 5.57. The summed E-state index contributed by atoms with van der Waals surface area (Å²) >= 11 is 5.57. The molecule has 5 heteroatoms. The predicted molar refractivity (Wildman–Crippen MR) is 54.5 cm³/mol. The lowest BCUT2D eigenvalue weighted by Crippen LogP contribution is -2.54. The molecule has 1 saturated heterocycles. The molecular formula is C9H14ClN3O. The second-order valence-electron chi connectivity index (χ2n) is 4.13. The van der Waals surface area contributed by atoms with E-state index >= 15 is 0 Å². The fourth-order valence-corrected chi connectivity index (χ4v) is 1.77. The van der Waals surface area contributed by atoms with Crippen molar-refractivity contribution in [1.82, 2.24) is 10.2 Å². The quantitative estimate of drug-likeness (QED) is 0.724. The van der Waals surface area contributed by atoms with Gasteiger partial charge in [0.05, 0.1) is 0 Å². The van der Waals surface area contributed by atoms with Crippen molar-refractivity contribution in [2.75, 3.05) is 18.0 Å². The smallest absolute Gasteiger partial charge is 0.318 e. The molecule has 1 aromatic heterocycles. The Labute approximate surface area is 88.2 Å². The Morgan fingerprint density at radius 3 is 2.71 bits per heavy atom. The molecule has 0 radical (unpaired) electrons. The lowest BCUT2D eigenvalue weighted by atomic mass is 9.80. The van der Waals surface area contributed by atoms with Crippen LogP contribution in [0.2, 0.25) is 0 Å². The number of anilines is 1. The van der Waals surface area contributed by atoms with Crippen LogP contribution in [0, 0.1) is 5.41 Å². The van der Waals surface area contributed by atoms with E-state index < -0.39 is 0 Å². The van der Waals surface area contributed by atoms with Crippen LogP contribution in [0.15, 0.2) is 4.42 Å². The van der Waals surface area contributed by atoms with Gasteiger partial charge in [0.25, 0.3) is 0 Å². The number of rotatable bonds is 3. The fraction of sp³-hybridized carbons (Fsp3) is 0.778. The lowest BCUT2D eigenvalue weighted by Gasteiger charge is -2.46. The number of halogens is 1. The molecule has 0 bridgehead atoms. The van der Waals surface area contributed by atoms with E-state index in [-0.39, 0.29) is 5.88 Å². The Morgan fingerprint density at radius 1 is 1.50 bits per heavy atom. The summed E-state index contributed by atoms with van der Waals surface area (Å²) in [7, 11) is 0. The highest BCUT2D eigenvalue weighted by Crippen LogP contribution is 2.35. The summed E-state index contributed by atoms with van der Waals surface area (Å²) in [5, 5.41) is 7.75. The van der Waals surface area contributed by atoms with Crippen LogP contribution < -0.4 is 4.90 Å². The second kappa shape index (κ2) is 3.42. The lowest BCUT2D eigenvalue weighted by molar-refractivity contribution is 0.221. The Balaban J connectivity index is 1.99. The van der Waals surface area contributed by atoms with Crippen LogP contribution in [0.4, 0.5) is 6.01 Å². The van der Waals surface area contributed by atoms with Gasteiger partial charge in [0.1, 0.15) is 5.88 Å². The van der Waals surface area contributed by atoms with Crippen LogP contribution in [0.5, 0.6) is 0 Å². The summed E-state index contributed by atoms with van der Waals surface area (Å²) < 4.78 is 5.35. The predicted octanol–water partition coefficient (Wildman–Crippen LogP) is 2.04. The van der Waals surface area contributed by atoms with Gasteiger partial charge >= 0.3 is 6.01 Å². The van der Waals surface area contributed by atoms with E-state index in [4.69, 9.17) is 16.0 Å². The first-order valence-electron chi connectivity index (χ1n) is 4.80. The van der Waals surface area contributed by atoms with Gasteiger partial charge < -0.3 is 9.32 Å². The summed E-state index contributed by atoms with van der Waals surface area (Å²) in [4.78, 5) is 2.09. The van der Waals surface area contributed by atoms with E-state index in [0.29, 0.717) is 17.3 Å². The standard InChI is InChI=1S/C9H14ClN3O/c1-3-9(2)5-13(6-9)8-12-11-7(4-10)14-8/h3-6H2,1-2H3. The Bertz CT molecular complexity index is 320. The van der Waals surface area contributed by atoms with Crippen LogP contribution in [0.3, 0.4) is 0 Å². The number of hydrogen-bond donors (Lipinski definition) is 0. The van der Waals surface area contributed by atoms with E-state index in [2.05, 4.69) is 28.9 Å². The molecule has 1 fully saturated rings. The van der Waals surface area contributed by atoms with Gasteiger partial charge in [-0.25, -0.2) is 0 Å². The molecule has 0 amide bonds. The third-order valence-electron chi connectivity index (χ3n) is 2.84. The molecule has 0 spiro atoms. The number of aromatic nitrogens is 2. The van der Waals surface area contributed by atoms with Gasteiger partial charge in [-0.1, -0.05) is 18.9 Å². The third kappa shape index (κ3) is 1.59. The molecule has 2 heterocycles. The average molecular weight is 216 g/mol. The van der Waals surface area contributed by atoms with E-state index in [1.807, 2.05) is 0 Å². The zero-order chi connectivity index (χ0) is 10.2. The molecule has 78 valence electrons. The Morgan fingerprint density at radius 2 is 2.21 bits per heavy atom. The summed E-state index contributed by atoms with van der Waals surface area (Å²) in [6.45, 7) is 6.46. The van der Waals surface area contributed by atoms with Crippen molar-refractivity contribution < 1.29 is 4.42 Å². The zero-order valence-corrected chi connectivity index (χ0v) is 9.21. The maximum Gasteiger partial charge on any atom is 0.318 e. The zero-order valence-electron chi connectivity index (χ0n) is 8.46. The first-order chi connectivity index (χ1) is 6.67. The first kappa shape index (κ1) is 9.77. The molecule has 0 aliphatic carbocycles. The summed E-state index contributed by atoms with van der Waals surface area (Å²) in [5.74, 6) is 0.776. The van der Waals surface area contributed by atoms with E-state index in [1.165, 1.54) is 6.42 Å². The summed E-state index contributed by atoms with van der Waals surface area (Å²) in [6, 6.07) is 0.603. The average Bonchev–Trinajstić information content (AvgIpc) is 2.61. The van der Waals surface area contributed by atoms with Crippen molar-refractivity contribution >= 4 is 17.6 Å². The molecule has 4 nitrogen and oxygen atoms in total. The molecule has 0 unspecified atom stereocenters. The highest BCUT2D eigenvalue weighted by Gasteiger charge is 2.39. The minimum absolute atomic E-state index is 0.284. The Hall–Kier alpha value is -0.770. The number of hydrogen-bond acceptors (Lipinski definition) is 4. The molecule has 0 saturated carbocycles. The van der Waals surface area contributed by atoms with Crippen molar-refractivity contribution in [2.45, 2.75) is 26.1 Å².